The van der Waals surface area contributed by atoms with Gasteiger partial charge in [-0.1, -0.05) is 97.1 Å². The normalized spacial score (nSPS) is 12.5. The Morgan fingerprint density at radius 2 is 0.945 bits per heavy atom. The molecule has 0 amide bonds. The number of fused-ring (bicyclic) bond motifs is 10. The number of furan rings is 1. The van der Waals surface area contributed by atoms with Gasteiger partial charge in [-0.15, -0.1) is 0 Å². The van der Waals surface area contributed by atoms with E-state index in [0.29, 0.717) is 0 Å². The van der Waals surface area contributed by atoms with Crippen molar-refractivity contribution < 1.29 is 9.15 Å². The van der Waals surface area contributed by atoms with Crippen molar-refractivity contribution >= 4 is 71.8 Å². The summed E-state index contributed by atoms with van der Waals surface area (Å²) in [4.78, 5) is 2.31. The van der Waals surface area contributed by atoms with Crippen molar-refractivity contribution in [2.75, 3.05) is 4.90 Å². The Labute approximate surface area is 316 Å². The van der Waals surface area contributed by atoms with E-state index >= 15 is 0 Å². The maximum atomic E-state index is 6.52. The number of rotatable bonds is 4. The minimum atomic E-state index is 0.847. The van der Waals surface area contributed by atoms with Crippen LogP contribution in [0.15, 0.2) is 192 Å². The van der Waals surface area contributed by atoms with Gasteiger partial charge in [-0.05, 0) is 102 Å². The van der Waals surface area contributed by atoms with Crippen LogP contribution in [0, 0.1) is 0 Å². The first-order chi connectivity index (χ1) is 27.3. The molecule has 0 atom stereocenters. The molecule has 0 unspecified atom stereocenters. The molecule has 0 saturated carbocycles. The number of nitrogens with zero attached hydrogens (tertiary/aromatic N) is 3. The summed E-state index contributed by atoms with van der Waals surface area (Å²) in [6, 6.07) is 66.5. The van der Waals surface area contributed by atoms with Gasteiger partial charge in [-0.3, -0.25) is 4.57 Å². The van der Waals surface area contributed by atoms with Crippen LogP contribution in [-0.4, -0.2) is 9.13 Å². The Morgan fingerprint density at radius 3 is 1.75 bits per heavy atom. The molecular weight excluding hydrogens is 675 g/mol. The molecule has 5 nitrogen and oxygen atoms in total. The van der Waals surface area contributed by atoms with E-state index in [1.807, 2.05) is 36.4 Å². The van der Waals surface area contributed by atoms with E-state index in [-0.39, 0.29) is 0 Å². The Hall–Kier alpha value is -7.50. The Balaban J connectivity index is 0.982. The molecule has 11 aromatic rings. The van der Waals surface area contributed by atoms with E-state index in [9.17, 15) is 0 Å². The van der Waals surface area contributed by atoms with Gasteiger partial charge in [0.15, 0.2) is 11.5 Å². The quantitative estimate of drug-likeness (QED) is 0.183. The first-order valence-corrected chi connectivity index (χ1v) is 18.6. The molecule has 0 spiro atoms. The van der Waals surface area contributed by atoms with Crippen LogP contribution >= 0.6 is 0 Å². The molecule has 8 aromatic carbocycles. The van der Waals surface area contributed by atoms with Gasteiger partial charge in [0.1, 0.15) is 5.58 Å². The first kappa shape index (κ1) is 30.0. The third-order valence-corrected chi connectivity index (χ3v) is 11.1. The van der Waals surface area contributed by atoms with Crippen molar-refractivity contribution in [3.8, 4) is 34.0 Å². The van der Waals surface area contributed by atoms with Crippen molar-refractivity contribution in [1.82, 2.24) is 9.13 Å². The van der Waals surface area contributed by atoms with Crippen molar-refractivity contribution in [2.45, 2.75) is 0 Å². The summed E-state index contributed by atoms with van der Waals surface area (Å²) < 4.78 is 17.4. The largest absolute Gasteiger partial charge is 0.453 e. The lowest BCUT2D eigenvalue weighted by atomic mass is 10.0. The fourth-order valence-electron chi connectivity index (χ4n) is 8.67. The Bertz CT molecular complexity index is 3250. The highest BCUT2D eigenvalue weighted by Crippen LogP contribution is 2.51. The SMILES string of the molecule is c1ccc(-n2c3ccc(-c4ccc(-n5c6ccccc6c6cc(N7c8ccccc8Oc8ccccc87)ccc65)cc4)cc3c3c4ccccc4oc32)cc1. The molecule has 5 heteroatoms. The molecule has 12 rings (SSSR count). The van der Waals surface area contributed by atoms with Crippen LogP contribution in [0.3, 0.4) is 0 Å². The van der Waals surface area contributed by atoms with Gasteiger partial charge < -0.3 is 18.6 Å². The standard InChI is InChI=1S/C50H31N3O2/c1-2-12-34(13-3-1)53-43-28-24-33(30-40(43)49-38-15-5-9-19-46(38)55-50(49)53)32-22-25-35(26-23-32)51-41-16-6-4-14-37(41)39-31-36(27-29-42(39)51)52-44-17-7-10-20-47(44)54-48-21-11-8-18-45(48)52/h1-31H. The van der Waals surface area contributed by atoms with Crippen LogP contribution in [0.5, 0.6) is 11.5 Å². The lowest BCUT2D eigenvalue weighted by Crippen LogP contribution is -2.15. The summed E-state index contributed by atoms with van der Waals surface area (Å²) in [5, 5.41) is 5.85. The molecule has 258 valence electrons. The van der Waals surface area contributed by atoms with E-state index < -0.39 is 0 Å². The van der Waals surface area contributed by atoms with Crippen molar-refractivity contribution in [2.24, 2.45) is 0 Å². The lowest BCUT2D eigenvalue weighted by Gasteiger charge is -2.32. The van der Waals surface area contributed by atoms with E-state index in [0.717, 1.165) is 84.2 Å². The summed E-state index contributed by atoms with van der Waals surface area (Å²) in [6.45, 7) is 0. The highest BCUT2D eigenvalue weighted by molar-refractivity contribution is 6.20. The molecule has 0 fully saturated rings. The van der Waals surface area contributed by atoms with Gasteiger partial charge in [0.25, 0.3) is 0 Å². The van der Waals surface area contributed by atoms with Gasteiger partial charge in [-0.25, -0.2) is 0 Å². The van der Waals surface area contributed by atoms with Crippen molar-refractivity contribution in [1.29, 1.82) is 0 Å². The van der Waals surface area contributed by atoms with Gasteiger partial charge in [0.05, 0.1) is 33.3 Å². The smallest absolute Gasteiger partial charge is 0.213 e. The molecule has 3 aromatic heterocycles. The fraction of sp³-hybridized carbons (Fsp3) is 0. The van der Waals surface area contributed by atoms with Crippen molar-refractivity contribution in [3.63, 3.8) is 0 Å². The number of anilines is 3. The van der Waals surface area contributed by atoms with Crippen molar-refractivity contribution in [3.05, 3.63) is 188 Å². The third-order valence-electron chi connectivity index (χ3n) is 11.1. The second-order valence-corrected chi connectivity index (χ2v) is 14.2. The van der Waals surface area contributed by atoms with Gasteiger partial charge in [0.2, 0.25) is 5.71 Å². The van der Waals surface area contributed by atoms with Gasteiger partial charge in [0, 0.05) is 38.6 Å². The monoisotopic (exact) mass is 705 g/mol. The zero-order valence-corrected chi connectivity index (χ0v) is 29.6. The van der Waals surface area contributed by atoms with E-state index in [2.05, 4.69) is 166 Å². The maximum Gasteiger partial charge on any atom is 0.213 e. The van der Waals surface area contributed by atoms with Gasteiger partial charge >= 0.3 is 0 Å². The molecule has 1 aliphatic heterocycles. The third kappa shape index (κ3) is 4.41. The fourth-order valence-corrected chi connectivity index (χ4v) is 8.67. The van der Waals surface area contributed by atoms with Crippen LogP contribution in [-0.2, 0) is 0 Å². The predicted octanol–water partition coefficient (Wildman–Crippen LogP) is 13.9. The molecule has 1 aliphatic rings. The summed E-state index contributed by atoms with van der Waals surface area (Å²) >= 11 is 0. The minimum Gasteiger partial charge on any atom is -0.453 e. The second kappa shape index (κ2) is 11.5. The first-order valence-electron chi connectivity index (χ1n) is 18.6. The number of aromatic nitrogens is 2. The van der Waals surface area contributed by atoms with Crippen LogP contribution in [0.25, 0.3) is 77.3 Å². The van der Waals surface area contributed by atoms with Gasteiger partial charge in [-0.2, -0.15) is 0 Å². The molecule has 0 radical (unpaired) electrons. The predicted molar refractivity (Wildman–Crippen MR) is 225 cm³/mol. The average molecular weight is 706 g/mol. The number of ether oxygens (including phenoxy) is 1. The van der Waals surface area contributed by atoms with E-state index in [1.54, 1.807) is 0 Å². The van der Waals surface area contributed by atoms with Crippen LogP contribution < -0.4 is 9.64 Å². The second-order valence-electron chi connectivity index (χ2n) is 14.2. The number of hydrogen-bond donors (Lipinski definition) is 0. The minimum absolute atomic E-state index is 0.847. The average Bonchev–Trinajstić information content (AvgIpc) is 3.89. The Kier molecular flexibility index (Phi) is 6.27. The summed E-state index contributed by atoms with van der Waals surface area (Å²) in [6.07, 6.45) is 0. The number of benzene rings is 8. The van der Waals surface area contributed by atoms with Crippen LogP contribution in [0.1, 0.15) is 0 Å². The molecule has 55 heavy (non-hydrogen) atoms. The zero-order chi connectivity index (χ0) is 36.0. The lowest BCUT2D eigenvalue weighted by molar-refractivity contribution is 0.477. The maximum absolute atomic E-state index is 6.52. The van der Waals surface area contributed by atoms with Crippen LogP contribution in [0.2, 0.25) is 0 Å². The highest BCUT2D eigenvalue weighted by atomic mass is 16.5. The van der Waals surface area contributed by atoms with Crippen LogP contribution in [0.4, 0.5) is 17.1 Å². The summed E-state index contributed by atoms with van der Waals surface area (Å²) in [7, 11) is 0. The Morgan fingerprint density at radius 1 is 0.364 bits per heavy atom. The highest BCUT2D eigenvalue weighted by Gasteiger charge is 2.26. The number of hydrogen-bond acceptors (Lipinski definition) is 3. The van der Waals surface area contributed by atoms with E-state index in [4.69, 9.17) is 9.15 Å². The molecule has 0 saturated heterocycles. The molecule has 0 aliphatic carbocycles. The topological polar surface area (TPSA) is 35.5 Å². The molecule has 0 bridgehead atoms. The molecular formula is C50H31N3O2. The van der Waals surface area contributed by atoms with E-state index in [1.165, 1.54) is 21.7 Å². The zero-order valence-electron chi connectivity index (χ0n) is 29.6. The molecule has 4 heterocycles. The summed E-state index contributed by atoms with van der Waals surface area (Å²) in [5.41, 5.74) is 12.9. The summed E-state index contributed by atoms with van der Waals surface area (Å²) in [5.74, 6) is 1.69. The number of para-hydroxylation sites is 7. The molecule has 0 N–H and O–H groups in total.